The summed E-state index contributed by atoms with van der Waals surface area (Å²) in [5.41, 5.74) is 0. The van der Waals surface area contributed by atoms with Crippen LogP contribution in [0.15, 0.2) is 0 Å². The molecular formula is C14H27NO3Si. The van der Waals surface area contributed by atoms with Crippen LogP contribution in [0.25, 0.3) is 0 Å². The van der Waals surface area contributed by atoms with Gasteiger partial charge in [0.15, 0.2) is 30.3 Å². The summed E-state index contributed by atoms with van der Waals surface area (Å²) in [6.45, 7) is 15.4. The van der Waals surface area contributed by atoms with Crippen molar-refractivity contribution in [1.29, 1.82) is 0 Å². The van der Waals surface area contributed by atoms with Crippen molar-refractivity contribution in [2.24, 2.45) is 0 Å². The van der Waals surface area contributed by atoms with Crippen LogP contribution in [0.4, 0.5) is 0 Å². The van der Waals surface area contributed by atoms with Crippen molar-refractivity contribution >= 4 is 14.3 Å². The molecule has 0 bridgehead atoms. The first-order valence-corrected chi connectivity index (χ1v) is 10.3. The fourth-order valence-corrected chi connectivity index (χ4v) is 4.74. The topological polar surface area (TPSA) is 44.5 Å². The molecule has 0 aromatic rings. The lowest BCUT2D eigenvalue weighted by molar-refractivity contribution is -0.496. The van der Waals surface area contributed by atoms with E-state index in [1.165, 1.54) is 0 Å². The van der Waals surface area contributed by atoms with Crippen molar-refractivity contribution in [3.05, 3.63) is 5.21 Å². The molecule has 4 nitrogen and oxygen atoms in total. The van der Waals surface area contributed by atoms with Gasteiger partial charge in [-0.15, -0.1) is 0 Å². The molecule has 0 radical (unpaired) electrons. The molecule has 0 aromatic carbocycles. The molecule has 0 aromatic heterocycles. The second-order valence-electron chi connectivity index (χ2n) is 7.98. The van der Waals surface area contributed by atoms with Crippen molar-refractivity contribution < 1.29 is 14.2 Å². The SMILES string of the molecule is CC1(C)O[C@H]2[C@H](C=[N+]([O-])[C@@H]2C[Si](C)(C)C(C)(C)C)O1. The highest BCUT2D eigenvalue weighted by molar-refractivity contribution is 6.80. The van der Waals surface area contributed by atoms with Gasteiger partial charge in [-0.25, -0.2) is 4.74 Å². The van der Waals surface area contributed by atoms with Gasteiger partial charge in [0.05, 0.1) is 8.07 Å². The summed E-state index contributed by atoms with van der Waals surface area (Å²) < 4.78 is 12.8. The fraction of sp³-hybridized carbons (Fsp3) is 0.929. The van der Waals surface area contributed by atoms with Crippen molar-refractivity contribution in [2.75, 3.05) is 0 Å². The molecular weight excluding hydrogens is 258 g/mol. The van der Waals surface area contributed by atoms with Crippen LogP contribution in [0.2, 0.25) is 24.2 Å². The predicted octanol–water partition coefficient (Wildman–Crippen LogP) is 2.98. The van der Waals surface area contributed by atoms with E-state index in [-0.39, 0.29) is 23.3 Å². The Morgan fingerprint density at radius 3 is 2.37 bits per heavy atom. The molecule has 2 aliphatic rings. The van der Waals surface area contributed by atoms with Crippen molar-refractivity contribution in [1.82, 2.24) is 0 Å². The van der Waals surface area contributed by atoms with Gasteiger partial charge >= 0.3 is 0 Å². The minimum absolute atomic E-state index is 0.0901. The van der Waals surface area contributed by atoms with E-state index in [4.69, 9.17) is 9.47 Å². The molecule has 5 heteroatoms. The lowest BCUT2D eigenvalue weighted by atomic mass is 10.1. The van der Waals surface area contributed by atoms with Crippen molar-refractivity contribution in [3.63, 3.8) is 0 Å². The van der Waals surface area contributed by atoms with E-state index in [9.17, 15) is 5.21 Å². The average Bonchev–Trinajstić information content (AvgIpc) is 2.59. The molecule has 1 fully saturated rings. The summed E-state index contributed by atoms with van der Waals surface area (Å²) in [5.74, 6) is -0.571. The molecule has 3 atom stereocenters. The smallest absolute Gasteiger partial charge is 0.189 e. The number of ether oxygens (including phenoxy) is 2. The molecule has 2 rings (SSSR count). The molecule has 0 unspecified atom stereocenters. The molecule has 110 valence electrons. The zero-order chi connectivity index (χ0) is 14.6. The Morgan fingerprint density at radius 1 is 1.26 bits per heavy atom. The summed E-state index contributed by atoms with van der Waals surface area (Å²) >= 11 is 0. The Kier molecular flexibility index (Phi) is 3.40. The first-order valence-electron chi connectivity index (χ1n) is 7.09. The maximum absolute atomic E-state index is 12.1. The number of hydroxylamine groups is 1. The van der Waals surface area contributed by atoms with Crippen LogP contribution in [0.5, 0.6) is 0 Å². The molecule has 19 heavy (non-hydrogen) atoms. The van der Waals surface area contributed by atoms with E-state index < -0.39 is 13.9 Å². The molecule has 0 spiro atoms. The standard InChI is InChI=1S/C14H27NO3Si/c1-13(2,3)19(6,7)9-10-12-11(8-15(10)16)17-14(4,5)18-12/h8,10-12H,9H2,1-7H3/t10-,11+,12-/m1/s1. The van der Waals surface area contributed by atoms with Crippen LogP contribution >= 0.6 is 0 Å². The van der Waals surface area contributed by atoms with Crippen LogP contribution in [-0.4, -0.2) is 43.1 Å². The Hall–Kier alpha value is -0.393. The summed E-state index contributed by atoms with van der Waals surface area (Å²) in [4.78, 5) is 0. The van der Waals surface area contributed by atoms with E-state index >= 15 is 0 Å². The highest BCUT2D eigenvalue weighted by Gasteiger charge is 2.55. The number of rotatable bonds is 2. The third kappa shape index (κ3) is 2.73. The van der Waals surface area contributed by atoms with Crippen LogP contribution in [-0.2, 0) is 9.47 Å². The van der Waals surface area contributed by atoms with E-state index in [1.54, 1.807) is 6.21 Å². The van der Waals surface area contributed by atoms with Gasteiger partial charge in [-0.3, -0.25) is 0 Å². The highest BCUT2D eigenvalue weighted by atomic mass is 28.3. The van der Waals surface area contributed by atoms with E-state index in [0.29, 0.717) is 0 Å². The molecule has 0 saturated carbocycles. The van der Waals surface area contributed by atoms with Gasteiger partial charge in [0, 0.05) is 6.04 Å². The Bertz CT molecular complexity index is 398. The summed E-state index contributed by atoms with van der Waals surface area (Å²) in [6, 6.07) is 0.851. The summed E-state index contributed by atoms with van der Waals surface area (Å²) in [5, 5.41) is 12.4. The van der Waals surface area contributed by atoms with Crippen molar-refractivity contribution in [2.45, 2.75) is 82.8 Å². The second-order valence-corrected chi connectivity index (χ2v) is 13.7. The molecule has 2 heterocycles. The third-order valence-electron chi connectivity index (χ3n) is 4.91. The van der Waals surface area contributed by atoms with Gasteiger partial charge in [0.2, 0.25) is 0 Å². The Balaban J connectivity index is 2.16. The fourth-order valence-electron chi connectivity index (χ4n) is 2.67. The van der Waals surface area contributed by atoms with Gasteiger partial charge in [-0.2, -0.15) is 0 Å². The summed E-state index contributed by atoms with van der Waals surface area (Å²) in [6.07, 6.45) is 1.36. The third-order valence-corrected chi connectivity index (χ3v) is 10.4. The lowest BCUT2D eigenvalue weighted by Gasteiger charge is -2.38. The van der Waals surface area contributed by atoms with Gasteiger partial charge < -0.3 is 14.7 Å². The second kappa shape index (κ2) is 4.30. The highest BCUT2D eigenvalue weighted by Crippen LogP contribution is 2.43. The van der Waals surface area contributed by atoms with Gasteiger partial charge in [0.25, 0.3) is 0 Å². The largest absolute Gasteiger partial charge is 0.624 e. The summed E-state index contributed by atoms with van der Waals surface area (Å²) in [7, 11) is -1.52. The lowest BCUT2D eigenvalue weighted by Crippen LogP contribution is -2.46. The Morgan fingerprint density at radius 2 is 1.84 bits per heavy atom. The molecule has 2 aliphatic heterocycles. The zero-order valence-electron chi connectivity index (χ0n) is 13.2. The molecule has 1 saturated heterocycles. The van der Waals surface area contributed by atoms with Crippen molar-refractivity contribution in [3.8, 4) is 0 Å². The predicted molar refractivity (Wildman–Crippen MR) is 79.3 cm³/mol. The molecule has 0 aliphatic carbocycles. The first kappa shape index (κ1) is 15.0. The van der Waals surface area contributed by atoms with Crippen LogP contribution < -0.4 is 0 Å². The van der Waals surface area contributed by atoms with Crippen LogP contribution in [0.1, 0.15) is 34.6 Å². The van der Waals surface area contributed by atoms with E-state index in [0.717, 1.165) is 10.8 Å². The quantitative estimate of drug-likeness (QED) is 0.445. The van der Waals surface area contributed by atoms with E-state index in [2.05, 4.69) is 33.9 Å². The van der Waals surface area contributed by atoms with Gasteiger partial charge in [-0.1, -0.05) is 33.9 Å². The first-order chi connectivity index (χ1) is 8.43. The number of nitrogens with zero attached hydrogens (tertiary/aromatic N) is 1. The van der Waals surface area contributed by atoms with E-state index in [1.807, 2.05) is 13.8 Å². The van der Waals surface area contributed by atoms with Crippen LogP contribution in [0.3, 0.4) is 0 Å². The number of fused-ring (bicyclic) bond motifs is 1. The normalized spacial score (nSPS) is 34.3. The maximum Gasteiger partial charge on any atom is 0.189 e. The average molecular weight is 285 g/mol. The number of hydrogen-bond acceptors (Lipinski definition) is 3. The zero-order valence-corrected chi connectivity index (χ0v) is 14.2. The Labute approximate surface area is 117 Å². The number of hydrogen-bond donors (Lipinski definition) is 0. The minimum atomic E-state index is -1.52. The molecule has 0 amide bonds. The van der Waals surface area contributed by atoms with Gasteiger partial charge in [-0.05, 0) is 18.9 Å². The maximum atomic E-state index is 12.1. The van der Waals surface area contributed by atoms with Gasteiger partial charge in [0.1, 0.15) is 0 Å². The monoisotopic (exact) mass is 285 g/mol. The minimum Gasteiger partial charge on any atom is -0.624 e. The molecule has 0 N–H and O–H groups in total. The van der Waals surface area contributed by atoms with Crippen LogP contribution in [0, 0.1) is 5.21 Å².